The molecular formula is C11H21NO. The lowest BCUT2D eigenvalue weighted by Gasteiger charge is -2.21. The average molecular weight is 183 g/mol. The largest absolute Gasteiger partial charge is 0.394 e. The first-order chi connectivity index (χ1) is 5.77. The van der Waals surface area contributed by atoms with Crippen molar-refractivity contribution in [3.63, 3.8) is 0 Å². The topological polar surface area (TPSA) is 32.3 Å². The summed E-state index contributed by atoms with van der Waals surface area (Å²) in [5, 5.41) is 12.1. The standard InChI is InChI=1S/C11H21NO/c1-10(2,3)7-6-8-12-11(4,5)9-13/h12-13H,8-9H2,1-5H3. The third kappa shape index (κ3) is 7.83. The number of rotatable bonds is 3. The van der Waals surface area contributed by atoms with Crippen molar-refractivity contribution in [1.82, 2.24) is 5.32 Å². The Morgan fingerprint density at radius 2 is 1.69 bits per heavy atom. The SMILES string of the molecule is CC(C)(C)C#CCNC(C)(C)CO. The fourth-order valence-corrected chi connectivity index (χ4v) is 0.649. The van der Waals surface area contributed by atoms with Gasteiger partial charge < -0.3 is 5.11 Å². The third-order valence-electron chi connectivity index (χ3n) is 1.51. The van der Waals surface area contributed by atoms with Crippen molar-refractivity contribution in [3.05, 3.63) is 0 Å². The molecule has 0 fully saturated rings. The van der Waals surface area contributed by atoms with Crippen molar-refractivity contribution in [3.8, 4) is 11.8 Å². The van der Waals surface area contributed by atoms with Gasteiger partial charge in [0.25, 0.3) is 0 Å². The number of aliphatic hydroxyl groups excluding tert-OH is 1. The highest BCUT2D eigenvalue weighted by Crippen LogP contribution is 2.09. The summed E-state index contributed by atoms with van der Waals surface area (Å²) < 4.78 is 0. The summed E-state index contributed by atoms with van der Waals surface area (Å²) in [5.41, 5.74) is -0.169. The summed E-state index contributed by atoms with van der Waals surface area (Å²) >= 11 is 0. The Labute approximate surface area is 81.7 Å². The van der Waals surface area contributed by atoms with E-state index in [1.54, 1.807) is 0 Å². The summed E-state index contributed by atoms with van der Waals surface area (Å²) in [6, 6.07) is 0. The fourth-order valence-electron chi connectivity index (χ4n) is 0.649. The molecule has 0 radical (unpaired) electrons. The summed E-state index contributed by atoms with van der Waals surface area (Å²) in [4.78, 5) is 0. The Bertz CT molecular complexity index is 202. The first-order valence-electron chi connectivity index (χ1n) is 4.63. The minimum Gasteiger partial charge on any atom is -0.394 e. The second-order valence-electron chi connectivity index (χ2n) is 4.95. The van der Waals surface area contributed by atoms with E-state index >= 15 is 0 Å². The van der Waals surface area contributed by atoms with Crippen LogP contribution in [0.2, 0.25) is 0 Å². The molecule has 0 aliphatic carbocycles. The van der Waals surface area contributed by atoms with Crippen LogP contribution in [0, 0.1) is 17.3 Å². The molecule has 0 heterocycles. The smallest absolute Gasteiger partial charge is 0.0608 e. The van der Waals surface area contributed by atoms with Crippen molar-refractivity contribution in [2.75, 3.05) is 13.2 Å². The Hall–Kier alpha value is -0.520. The number of nitrogens with one attached hydrogen (secondary N) is 1. The molecule has 0 saturated heterocycles. The molecule has 13 heavy (non-hydrogen) atoms. The van der Waals surface area contributed by atoms with E-state index in [9.17, 15) is 0 Å². The van der Waals surface area contributed by atoms with Gasteiger partial charge in [-0.05, 0) is 34.6 Å². The second kappa shape index (κ2) is 4.64. The summed E-state index contributed by atoms with van der Waals surface area (Å²) in [6.07, 6.45) is 0. The van der Waals surface area contributed by atoms with Crippen molar-refractivity contribution in [2.45, 2.75) is 40.2 Å². The van der Waals surface area contributed by atoms with E-state index in [0.29, 0.717) is 6.54 Å². The van der Waals surface area contributed by atoms with Gasteiger partial charge in [-0.25, -0.2) is 0 Å². The van der Waals surface area contributed by atoms with Gasteiger partial charge in [-0.3, -0.25) is 5.32 Å². The Morgan fingerprint density at radius 1 is 1.15 bits per heavy atom. The summed E-state index contributed by atoms with van der Waals surface area (Å²) in [5.74, 6) is 6.17. The van der Waals surface area contributed by atoms with Crippen LogP contribution in [0.1, 0.15) is 34.6 Å². The lowest BCUT2D eigenvalue weighted by atomic mass is 9.98. The molecule has 0 bridgehead atoms. The molecule has 0 unspecified atom stereocenters. The molecule has 2 nitrogen and oxygen atoms in total. The van der Waals surface area contributed by atoms with Gasteiger partial charge in [0.2, 0.25) is 0 Å². The van der Waals surface area contributed by atoms with Crippen LogP contribution < -0.4 is 5.32 Å². The number of hydrogen-bond acceptors (Lipinski definition) is 2. The van der Waals surface area contributed by atoms with Gasteiger partial charge in [-0.15, -0.1) is 0 Å². The highest BCUT2D eigenvalue weighted by atomic mass is 16.3. The van der Waals surface area contributed by atoms with Crippen LogP contribution in [0.3, 0.4) is 0 Å². The maximum Gasteiger partial charge on any atom is 0.0608 e. The molecule has 0 saturated carbocycles. The first kappa shape index (κ1) is 12.5. The lowest BCUT2D eigenvalue weighted by molar-refractivity contribution is 0.193. The summed E-state index contributed by atoms with van der Waals surface area (Å²) in [7, 11) is 0. The molecular weight excluding hydrogens is 162 g/mol. The van der Waals surface area contributed by atoms with E-state index in [2.05, 4.69) is 37.9 Å². The van der Waals surface area contributed by atoms with Crippen LogP contribution in [0.25, 0.3) is 0 Å². The number of hydrogen-bond donors (Lipinski definition) is 2. The van der Waals surface area contributed by atoms with Gasteiger partial charge in [0.05, 0.1) is 13.2 Å². The maximum absolute atomic E-state index is 8.94. The van der Waals surface area contributed by atoms with E-state index in [1.165, 1.54) is 0 Å². The van der Waals surface area contributed by atoms with E-state index < -0.39 is 0 Å². The highest BCUT2D eigenvalue weighted by Gasteiger charge is 2.13. The zero-order valence-corrected chi connectivity index (χ0v) is 9.36. The number of aliphatic hydroxyl groups is 1. The maximum atomic E-state index is 8.94. The van der Waals surface area contributed by atoms with E-state index in [1.807, 2.05) is 13.8 Å². The molecule has 0 aromatic heterocycles. The van der Waals surface area contributed by atoms with Crippen molar-refractivity contribution in [2.24, 2.45) is 5.41 Å². The predicted molar refractivity (Wildman–Crippen MR) is 56.4 cm³/mol. The second-order valence-corrected chi connectivity index (χ2v) is 4.95. The monoisotopic (exact) mass is 183 g/mol. The van der Waals surface area contributed by atoms with E-state index in [4.69, 9.17) is 5.11 Å². The predicted octanol–water partition coefficient (Wildman–Crippen LogP) is 1.40. The van der Waals surface area contributed by atoms with Crippen LogP contribution >= 0.6 is 0 Å². The molecule has 0 amide bonds. The van der Waals surface area contributed by atoms with Gasteiger partial charge in [-0.1, -0.05) is 11.8 Å². The van der Waals surface area contributed by atoms with Crippen LogP contribution in [-0.2, 0) is 0 Å². The molecule has 0 atom stereocenters. The molecule has 0 spiro atoms. The van der Waals surface area contributed by atoms with Crippen LogP contribution in [0.15, 0.2) is 0 Å². The van der Waals surface area contributed by atoms with Crippen LogP contribution in [-0.4, -0.2) is 23.8 Å². The Kier molecular flexibility index (Phi) is 4.46. The third-order valence-corrected chi connectivity index (χ3v) is 1.51. The van der Waals surface area contributed by atoms with Gasteiger partial charge in [0.1, 0.15) is 0 Å². The fraction of sp³-hybridized carbons (Fsp3) is 0.818. The zero-order valence-electron chi connectivity index (χ0n) is 9.36. The normalized spacial score (nSPS) is 12.2. The molecule has 2 heteroatoms. The minimum atomic E-state index is -0.230. The van der Waals surface area contributed by atoms with Crippen LogP contribution in [0.5, 0.6) is 0 Å². The van der Waals surface area contributed by atoms with Gasteiger partial charge in [0.15, 0.2) is 0 Å². The van der Waals surface area contributed by atoms with Gasteiger partial charge in [-0.2, -0.15) is 0 Å². The van der Waals surface area contributed by atoms with Crippen molar-refractivity contribution in [1.29, 1.82) is 0 Å². The molecule has 0 aliphatic rings. The highest BCUT2D eigenvalue weighted by molar-refractivity contribution is 5.08. The zero-order chi connectivity index (χ0) is 10.5. The molecule has 0 aliphatic heterocycles. The first-order valence-corrected chi connectivity index (χ1v) is 4.63. The van der Waals surface area contributed by atoms with E-state index in [0.717, 1.165) is 0 Å². The molecule has 2 N–H and O–H groups in total. The van der Waals surface area contributed by atoms with E-state index in [-0.39, 0.29) is 17.6 Å². The molecule has 0 aromatic rings. The quantitative estimate of drug-likeness (QED) is 0.648. The van der Waals surface area contributed by atoms with Crippen molar-refractivity contribution >= 4 is 0 Å². The molecule has 76 valence electrons. The van der Waals surface area contributed by atoms with Crippen molar-refractivity contribution < 1.29 is 5.11 Å². The minimum absolute atomic E-state index is 0.0606. The average Bonchev–Trinajstić information content (AvgIpc) is 1.97. The molecule has 0 aromatic carbocycles. The Morgan fingerprint density at radius 3 is 2.08 bits per heavy atom. The Balaban J connectivity index is 3.85. The lowest BCUT2D eigenvalue weighted by Crippen LogP contribution is -2.42. The van der Waals surface area contributed by atoms with Crippen LogP contribution in [0.4, 0.5) is 0 Å². The summed E-state index contributed by atoms with van der Waals surface area (Å²) in [6.45, 7) is 10.9. The molecule has 0 rings (SSSR count). The van der Waals surface area contributed by atoms with Gasteiger partial charge >= 0.3 is 0 Å². The van der Waals surface area contributed by atoms with Gasteiger partial charge in [0, 0.05) is 11.0 Å².